The maximum Gasteiger partial charge on any atom is 0.272 e. The standard InChI is InChI=1S/C16H15N5O/c1-9-19-15-13(21(9)3)6-10(7-18-15)12-8-20(2)16(22)14-11(12)4-5-17-14/h4-8,11H,1-3H3. The molecule has 6 heteroatoms. The van der Waals surface area contributed by atoms with Gasteiger partial charge in [-0.05, 0) is 18.6 Å². The fourth-order valence-corrected chi connectivity index (χ4v) is 2.94. The zero-order valence-corrected chi connectivity index (χ0v) is 12.6. The molecule has 2 aromatic rings. The monoisotopic (exact) mass is 293 g/mol. The Morgan fingerprint density at radius 1 is 1.27 bits per heavy atom. The van der Waals surface area contributed by atoms with E-state index >= 15 is 0 Å². The lowest BCUT2D eigenvalue weighted by molar-refractivity contribution is -0.121. The van der Waals surface area contributed by atoms with Crippen molar-refractivity contribution in [3.8, 4) is 0 Å². The van der Waals surface area contributed by atoms with Crippen LogP contribution in [-0.2, 0) is 11.8 Å². The SMILES string of the molecule is Cc1nc2ncc(C3=CN(C)C(=O)C4=NC=CC34)cc2n1C. The minimum atomic E-state index is -0.0859. The highest BCUT2D eigenvalue weighted by atomic mass is 16.2. The predicted molar refractivity (Wildman–Crippen MR) is 84.1 cm³/mol. The molecular weight excluding hydrogens is 278 g/mol. The van der Waals surface area contributed by atoms with Crippen LogP contribution >= 0.6 is 0 Å². The van der Waals surface area contributed by atoms with E-state index in [1.807, 2.05) is 37.0 Å². The van der Waals surface area contributed by atoms with Crippen LogP contribution in [0.3, 0.4) is 0 Å². The molecule has 0 radical (unpaired) electrons. The Labute approximate surface area is 127 Å². The van der Waals surface area contributed by atoms with Crippen molar-refractivity contribution in [3.63, 3.8) is 0 Å². The second-order valence-electron chi connectivity index (χ2n) is 5.62. The largest absolute Gasteiger partial charge is 0.330 e. The molecule has 0 saturated heterocycles. The number of aliphatic imine (C=N–C) groups is 1. The third kappa shape index (κ3) is 1.67. The molecule has 0 bridgehead atoms. The molecule has 2 aliphatic heterocycles. The summed E-state index contributed by atoms with van der Waals surface area (Å²) in [4.78, 5) is 26.8. The lowest BCUT2D eigenvalue weighted by Crippen LogP contribution is -2.37. The number of hydrogen-bond donors (Lipinski definition) is 0. The van der Waals surface area contributed by atoms with Crippen LogP contribution in [0.25, 0.3) is 16.7 Å². The van der Waals surface area contributed by atoms with E-state index in [-0.39, 0.29) is 11.8 Å². The summed E-state index contributed by atoms with van der Waals surface area (Å²) in [6, 6.07) is 2.07. The first-order chi connectivity index (χ1) is 10.6. The lowest BCUT2D eigenvalue weighted by Gasteiger charge is -2.26. The Bertz CT molecular complexity index is 903. The van der Waals surface area contributed by atoms with E-state index in [0.29, 0.717) is 5.71 Å². The van der Waals surface area contributed by atoms with Crippen LogP contribution in [0.5, 0.6) is 0 Å². The summed E-state index contributed by atoms with van der Waals surface area (Å²) < 4.78 is 2.02. The Kier molecular flexibility index (Phi) is 2.57. The molecule has 0 saturated carbocycles. The maximum atomic E-state index is 12.1. The van der Waals surface area contributed by atoms with E-state index in [1.165, 1.54) is 0 Å². The number of nitrogens with zero attached hydrogens (tertiary/aromatic N) is 5. The number of imidazole rings is 1. The van der Waals surface area contributed by atoms with Gasteiger partial charge >= 0.3 is 0 Å². The van der Waals surface area contributed by atoms with Crippen LogP contribution in [0.4, 0.5) is 0 Å². The van der Waals surface area contributed by atoms with Crippen molar-refractivity contribution in [2.45, 2.75) is 6.92 Å². The number of allylic oxidation sites excluding steroid dienone is 2. The van der Waals surface area contributed by atoms with Gasteiger partial charge in [-0.1, -0.05) is 6.08 Å². The zero-order valence-electron chi connectivity index (χ0n) is 12.6. The van der Waals surface area contributed by atoms with E-state index in [1.54, 1.807) is 18.1 Å². The van der Waals surface area contributed by atoms with Crippen LogP contribution in [0.2, 0.25) is 0 Å². The molecule has 0 N–H and O–H groups in total. The van der Waals surface area contributed by atoms with Gasteiger partial charge in [-0.3, -0.25) is 9.79 Å². The summed E-state index contributed by atoms with van der Waals surface area (Å²) in [6.07, 6.45) is 7.33. The van der Waals surface area contributed by atoms with E-state index in [2.05, 4.69) is 21.0 Å². The summed E-state index contributed by atoms with van der Waals surface area (Å²) in [5.74, 6) is 0.786. The number of hydrogen-bond acceptors (Lipinski definition) is 4. The summed E-state index contributed by atoms with van der Waals surface area (Å²) in [6.45, 7) is 1.96. The van der Waals surface area contributed by atoms with Crippen LogP contribution in [0.1, 0.15) is 11.4 Å². The van der Waals surface area contributed by atoms with Gasteiger partial charge in [0.25, 0.3) is 5.91 Å². The van der Waals surface area contributed by atoms with E-state index in [4.69, 9.17) is 0 Å². The van der Waals surface area contributed by atoms with Crippen LogP contribution in [0, 0.1) is 12.8 Å². The highest BCUT2D eigenvalue weighted by Crippen LogP contribution is 2.33. The Hall–Kier alpha value is -2.76. The lowest BCUT2D eigenvalue weighted by atomic mass is 9.88. The molecule has 0 aliphatic carbocycles. The van der Waals surface area contributed by atoms with Crippen LogP contribution in [-0.4, -0.2) is 38.1 Å². The first kappa shape index (κ1) is 12.9. The normalized spacial score (nSPS) is 20.4. The van der Waals surface area contributed by atoms with Gasteiger partial charge < -0.3 is 9.47 Å². The van der Waals surface area contributed by atoms with Gasteiger partial charge in [0.15, 0.2) is 5.65 Å². The van der Waals surface area contributed by atoms with Crippen molar-refractivity contribution in [1.82, 2.24) is 19.4 Å². The van der Waals surface area contributed by atoms with Gasteiger partial charge in [0.2, 0.25) is 0 Å². The predicted octanol–water partition coefficient (Wildman–Crippen LogP) is 1.67. The molecule has 6 nitrogen and oxygen atoms in total. The molecule has 22 heavy (non-hydrogen) atoms. The quantitative estimate of drug-likeness (QED) is 0.803. The number of carbonyl (C=O) groups excluding carboxylic acids is 1. The number of aromatic nitrogens is 3. The molecular formula is C16H15N5O. The van der Waals surface area contributed by atoms with Crippen molar-refractivity contribution in [3.05, 3.63) is 42.1 Å². The van der Waals surface area contributed by atoms with Crippen molar-refractivity contribution in [1.29, 1.82) is 0 Å². The molecule has 4 heterocycles. The molecule has 0 spiro atoms. The molecule has 110 valence electrons. The van der Waals surface area contributed by atoms with Crippen molar-refractivity contribution < 1.29 is 4.79 Å². The van der Waals surface area contributed by atoms with Gasteiger partial charge in [-0.2, -0.15) is 0 Å². The third-order valence-electron chi connectivity index (χ3n) is 4.29. The average molecular weight is 293 g/mol. The Morgan fingerprint density at radius 2 is 2.09 bits per heavy atom. The molecule has 1 amide bonds. The number of pyridine rings is 1. The summed E-state index contributed by atoms with van der Waals surface area (Å²) in [7, 11) is 3.73. The number of amides is 1. The fraction of sp³-hybridized carbons (Fsp3) is 0.250. The average Bonchev–Trinajstić information content (AvgIpc) is 3.09. The molecule has 1 unspecified atom stereocenters. The topological polar surface area (TPSA) is 63.4 Å². The molecule has 2 aromatic heterocycles. The molecule has 2 aliphatic rings. The number of carbonyl (C=O) groups is 1. The first-order valence-corrected chi connectivity index (χ1v) is 7.09. The maximum absolute atomic E-state index is 12.1. The summed E-state index contributed by atoms with van der Waals surface area (Å²) in [5.41, 5.74) is 4.31. The van der Waals surface area contributed by atoms with Gasteiger partial charge in [0, 0.05) is 38.3 Å². The Morgan fingerprint density at radius 3 is 2.91 bits per heavy atom. The molecule has 0 aromatic carbocycles. The third-order valence-corrected chi connectivity index (χ3v) is 4.29. The van der Waals surface area contributed by atoms with Crippen LogP contribution < -0.4 is 0 Å². The highest BCUT2D eigenvalue weighted by molar-refractivity contribution is 6.44. The van der Waals surface area contributed by atoms with E-state index in [0.717, 1.165) is 28.1 Å². The Balaban J connectivity index is 1.89. The van der Waals surface area contributed by atoms with Gasteiger partial charge in [0.05, 0.1) is 11.4 Å². The summed E-state index contributed by atoms with van der Waals surface area (Å²) >= 11 is 0. The summed E-state index contributed by atoms with van der Waals surface area (Å²) in [5, 5.41) is 0. The van der Waals surface area contributed by atoms with E-state index < -0.39 is 0 Å². The number of aryl methyl sites for hydroxylation is 2. The van der Waals surface area contributed by atoms with Crippen molar-refractivity contribution in [2.75, 3.05) is 7.05 Å². The van der Waals surface area contributed by atoms with Gasteiger partial charge in [-0.25, -0.2) is 9.97 Å². The van der Waals surface area contributed by atoms with Gasteiger partial charge in [-0.15, -0.1) is 0 Å². The van der Waals surface area contributed by atoms with Crippen LogP contribution in [0.15, 0.2) is 35.7 Å². The molecule has 4 rings (SSSR count). The minimum Gasteiger partial charge on any atom is -0.330 e. The van der Waals surface area contributed by atoms with E-state index in [9.17, 15) is 4.79 Å². The highest BCUT2D eigenvalue weighted by Gasteiger charge is 2.34. The van der Waals surface area contributed by atoms with Crippen molar-refractivity contribution >= 4 is 28.4 Å². The smallest absolute Gasteiger partial charge is 0.272 e. The zero-order chi connectivity index (χ0) is 15.4. The second-order valence-corrected chi connectivity index (χ2v) is 5.62. The molecule has 1 atom stereocenters. The van der Waals surface area contributed by atoms with Gasteiger partial charge in [0.1, 0.15) is 11.5 Å². The number of fused-ring (bicyclic) bond motifs is 2. The first-order valence-electron chi connectivity index (χ1n) is 7.09. The number of rotatable bonds is 1. The molecule has 0 fully saturated rings. The second kappa shape index (κ2) is 4.37. The minimum absolute atomic E-state index is 0.0517. The fourth-order valence-electron chi connectivity index (χ4n) is 2.94. The van der Waals surface area contributed by atoms with Crippen molar-refractivity contribution in [2.24, 2.45) is 18.0 Å².